The molecule has 6 rings (SSSR count). The fourth-order valence-corrected chi connectivity index (χ4v) is 4.71. The normalized spacial score (nSPS) is 18.7. The smallest absolute Gasteiger partial charge is 0.258 e. The van der Waals surface area contributed by atoms with Crippen molar-refractivity contribution in [2.24, 2.45) is 0 Å². The second kappa shape index (κ2) is 6.43. The van der Waals surface area contributed by atoms with Gasteiger partial charge in [0, 0.05) is 11.1 Å². The molecule has 1 amide bonds. The van der Waals surface area contributed by atoms with E-state index in [4.69, 9.17) is 4.74 Å². The lowest BCUT2D eigenvalue weighted by molar-refractivity contribution is 0.0552. The van der Waals surface area contributed by atoms with Gasteiger partial charge >= 0.3 is 0 Å². The number of carbonyl (C=O) groups is 1. The van der Waals surface area contributed by atoms with Crippen molar-refractivity contribution in [3.8, 4) is 11.4 Å². The van der Waals surface area contributed by atoms with Gasteiger partial charge < -0.3 is 15.0 Å². The van der Waals surface area contributed by atoms with Crippen LogP contribution in [0.3, 0.4) is 0 Å². The Balaban J connectivity index is 1.74. The molecule has 2 aliphatic heterocycles. The van der Waals surface area contributed by atoms with Gasteiger partial charge in [0.1, 0.15) is 5.75 Å². The molecule has 7 heteroatoms. The number of amides is 1. The van der Waals surface area contributed by atoms with E-state index in [1.807, 2.05) is 82.4 Å². The Morgan fingerprint density at radius 3 is 2.65 bits per heavy atom. The van der Waals surface area contributed by atoms with Crippen LogP contribution in [0.1, 0.15) is 27.2 Å². The molecule has 0 spiro atoms. The molecular formula is C24H19N5O2. The lowest BCUT2D eigenvalue weighted by atomic mass is 9.85. The van der Waals surface area contributed by atoms with Crippen LogP contribution in [-0.4, -0.2) is 32.9 Å². The summed E-state index contributed by atoms with van der Waals surface area (Å²) in [4.78, 5) is 15.8. The van der Waals surface area contributed by atoms with Gasteiger partial charge in [0.15, 0.2) is 5.66 Å². The lowest BCUT2D eigenvalue weighted by Gasteiger charge is -2.48. The van der Waals surface area contributed by atoms with Crippen LogP contribution in [-0.2, 0) is 12.2 Å². The van der Waals surface area contributed by atoms with Gasteiger partial charge in [-0.2, -0.15) is 0 Å². The van der Waals surface area contributed by atoms with E-state index in [2.05, 4.69) is 15.6 Å². The van der Waals surface area contributed by atoms with Crippen molar-refractivity contribution in [1.82, 2.24) is 19.9 Å². The summed E-state index contributed by atoms with van der Waals surface area (Å²) >= 11 is 0. The number of fused-ring (bicyclic) bond motifs is 6. The molecule has 3 heterocycles. The third-order valence-electron chi connectivity index (χ3n) is 6.09. The molecule has 0 fully saturated rings. The molecule has 1 N–H and O–H groups in total. The summed E-state index contributed by atoms with van der Waals surface area (Å²) in [5.74, 6) is 0.544. The number of rotatable bonds is 2. The first-order valence-corrected chi connectivity index (χ1v) is 10.1. The minimum Gasteiger partial charge on any atom is -0.495 e. The molecule has 0 saturated carbocycles. The van der Waals surface area contributed by atoms with E-state index in [0.29, 0.717) is 23.5 Å². The Morgan fingerprint density at radius 2 is 1.81 bits per heavy atom. The third-order valence-corrected chi connectivity index (χ3v) is 6.09. The SMILES string of the molecule is COc1cccc2c1NC1(c3ccccc3)c3ccccc3-n3nncc3CN1C2=O. The predicted molar refractivity (Wildman–Crippen MR) is 115 cm³/mol. The molecule has 1 unspecified atom stereocenters. The van der Waals surface area contributed by atoms with E-state index < -0.39 is 5.66 Å². The van der Waals surface area contributed by atoms with Gasteiger partial charge in [0.25, 0.3) is 5.91 Å². The molecule has 4 aromatic rings. The highest BCUT2D eigenvalue weighted by molar-refractivity contribution is 6.04. The van der Waals surface area contributed by atoms with Crippen LogP contribution >= 0.6 is 0 Å². The monoisotopic (exact) mass is 409 g/mol. The van der Waals surface area contributed by atoms with Gasteiger partial charge in [0.05, 0.1) is 42.5 Å². The summed E-state index contributed by atoms with van der Waals surface area (Å²) in [6, 6.07) is 23.5. The van der Waals surface area contributed by atoms with Crippen molar-refractivity contribution in [2.45, 2.75) is 12.2 Å². The number of hydrogen-bond donors (Lipinski definition) is 1. The zero-order valence-corrected chi connectivity index (χ0v) is 16.8. The first-order chi connectivity index (χ1) is 15.2. The highest BCUT2D eigenvalue weighted by atomic mass is 16.5. The number of anilines is 1. The predicted octanol–water partition coefficient (Wildman–Crippen LogP) is 3.56. The topological polar surface area (TPSA) is 72.3 Å². The van der Waals surface area contributed by atoms with E-state index in [1.165, 1.54) is 0 Å². The number of nitrogens with zero attached hydrogens (tertiary/aromatic N) is 4. The van der Waals surface area contributed by atoms with E-state index in [1.54, 1.807) is 13.3 Å². The van der Waals surface area contributed by atoms with Crippen molar-refractivity contribution in [3.63, 3.8) is 0 Å². The van der Waals surface area contributed by atoms with Crippen LogP contribution in [0.25, 0.3) is 5.69 Å². The second-order valence-electron chi connectivity index (χ2n) is 7.63. The minimum absolute atomic E-state index is 0.0824. The average molecular weight is 409 g/mol. The van der Waals surface area contributed by atoms with Gasteiger partial charge in [-0.05, 0) is 18.2 Å². The summed E-state index contributed by atoms with van der Waals surface area (Å²) in [6.45, 7) is 0.346. The zero-order chi connectivity index (χ0) is 21.0. The van der Waals surface area contributed by atoms with Crippen molar-refractivity contribution in [2.75, 3.05) is 12.4 Å². The Labute approximate surface area is 178 Å². The fourth-order valence-electron chi connectivity index (χ4n) is 4.71. The molecule has 0 radical (unpaired) electrons. The number of hydrogen-bond acceptors (Lipinski definition) is 5. The minimum atomic E-state index is -0.947. The molecular weight excluding hydrogens is 390 g/mol. The van der Waals surface area contributed by atoms with Crippen molar-refractivity contribution < 1.29 is 9.53 Å². The van der Waals surface area contributed by atoms with Crippen LogP contribution < -0.4 is 10.1 Å². The maximum absolute atomic E-state index is 14.0. The van der Waals surface area contributed by atoms with Gasteiger partial charge in [-0.1, -0.05) is 59.8 Å². The maximum Gasteiger partial charge on any atom is 0.258 e. The van der Waals surface area contributed by atoms with Crippen LogP contribution in [0.2, 0.25) is 0 Å². The fraction of sp³-hybridized carbons (Fsp3) is 0.125. The molecule has 7 nitrogen and oxygen atoms in total. The number of aromatic nitrogens is 3. The van der Waals surface area contributed by atoms with Crippen molar-refractivity contribution in [1.29, 1.82) is 0 Å². The molecule has 1 atom stereocenters. The summed E-state index contributed by atoms with van der Waals surface area (Å²) in [7, 11) is 1.62. The number of benzene rings is 3. The number of carbonyl (C=O) groups excluding carboxylic acids is 1. The zero-order valence-electron chi connectivity index (χ0n) is 16.8. The van der Waals surface area contributed by atoms with Crippen LogP contribution in [0.15, 0.2) is 79.0 Å². The van der Waals surface area contributed by atoms with Gasteiger partial charge in [0.2, 0.25) is 0 Å². The van der Waals surface area contributed by atoms with E-state index in [0.717, 1.165) is 22.5 Å². The van der Waals surface area contributed by atoms with Crippen LogP contribution in [0, 0.1) is 0 Å². The van der Waals surface area contributed by atoms with E-state index in [-0.39, 0.29) is 5.91 Å². The third kappa shape index (κ3) is 2.31. The number of para-hydroxylation sites is 2. The average Bonchev–Trinajstić information content (AvgIpc) is 3.25. The summed E-state index contributed by atoms with van der Waals surface area (Å²) in [5.41, 5.74) is 3.89. The number of ether oxygens (including phenoxy) is 1. The molecule has 31 heavy (non-hydrogen) atoms. The Kier molecular flexibility index (Phi) is 3.67. The Morgan fingerprint density at radius 1 is 1.00 bits per heavy atom. The Hall–Kier alpha value is -4.13. The van der Waals surface area contributed by atoms with E-state index in [9.17, 15) is 4.79 Å². The first-order valence-electron chi connectivity index (χ1n) is 10.1. The second-order valence-corrected chi connectivity index (χ2v) is 7.63. The van der Waals surface area contributed by atoms with Crippen LogP contribution in [0.5, 0.6) is 5.75 Å². The number of methoxy groups -OCH3 is 1. The molecule has 0 aliphatic carbocycles. The number of nitrogens with one attached hydrogen (secondary N) is 1. The highest BCUT2D eigenvalue weighted by Crippen LogP contribution is 2.48. The van der Waals surface area contributed by atoms with Gasteiger partial charge in [-0.15, -0.1) is 5.10 Å². The van der Waals surface area contributed by atoms with Crippen molar-refractivity contribution >= 4 is 11.6 Å². The first kappa shape index (κ1) is 17.7. The highest BCUT2D eigenvalue weighted by Gasteiger charge is 2.51. The standard InChI is InChI=1S/C24H19N5O2/c1-31-21-13-7-10-18-22(21)26-24(16-8-3-2-4-9-16)19-11-5-6-12-20(19)29-17(14-25-27-29)15-28(24)23(18)30/h2-14,26H,15H2,1H3. The molecule has 3 aromatic carbocycles. The quantitative estimate of drug-likeness (QED) is 0.548. The molecule has 2 aliphatic rings. The molecule has 1 aromatic heterocycles. The largest absolute Gasteiger partial charge is 0.495 e. The van der Waals surface area contributed by atoms with Crippen molar-refractivity contribution in [3.05, 3.63) is 101 Å². The molecule has 0 bridgehead atoms. The lowest BCUT2D eigenvalue weighted by Crippen LogP contribution is -2.57. The summed E-state index contributed by atoms with van der Waals surface area (Å²) in [5, 5.41) is 12.2. The summed E-state index contributed by atoms with van der Waals surface area (Å²) < 4.78 is 7.44. The Bertz CT molecular complexity index is 1320. The van der Waals surface area contributed by atoms with Gasteiger partial charge in [-0.3, -0.25) is 4.79 Å². The maximum atomic E-state index is 14.0. The molecule has 0 saturated heterocycles. The van der Waals surface area contributed by atoms with E-state index >= 15 is 0 Å². The van der Waals surface area contributed by atoms with Crippen LogP contribution in [0.4, 0.5) is 5.69 Å². The summed E-state index contributed by atoms with van der Waals surface area (Å²) in [6.07, 6.45) is 1.71. The molecule has 152 valence electrons. The van der Waals surface area contributed by atoms with Gasteiger partial charge in [-0.25, -0.2) is 4.68 Å².